The molecule has 0 fully saturated rings. The van der Waals surface area contributed by atoms with Crippen LogP contribution in [0.5, 0.6) is 11.6 Å². The summed E-state index contributed by atoms with van der Waals surface area (Å²) >= 11 is 0. The van der Waals surface area contributed by atoms with Crippen molar-refractivity contribution < 1.29 is 19.7 Å². The van der Waals surface area contributed by atoms with Crippen LogP contribution in [0.3, 0.4) is 0 Å². The fourth-order valence-corrected chi connectivity index (χ4v) is 2.30. The van der Waals surface area contributed by atoms with Crippen molar-refractivity contribution in [2.75, 3.05) is 7.11 Å². The number of azo groups is 1. The quantitative estimate of drug-likeness (QED) is 0.640. The van der Waals surface area contributed by atoms with Crippen LogP contribution in [0.2, 0.25) is 0 Å². The van der Waals surface area contributed by atoms with Crippen LogP contribution in [0.25, 0.3) is 10.9 Å². The maximum Gasteiger partial charge on any atom is 0.297 e. The van der Waals surface area contributed by atoms with Gasteiger partial charge in [-0.1, -0.05) is 30.3 Å². The number of aliphatic hydroxyl groups excluding tert-OH is 1. The summed E-state index contributed by atoms with van der Waals surface area (Å²) < 4.78 is 5.02. The van der Waals surface area contributed by atoms with Crippen LogP contribution in [-0.2, 0) is 4.79 Å². The highest BCUT2D eigenvalue weighted by Crippen LogP contribution is 2.35. The fourth-order valence-electron chi connectivity index (χ4n) is 2.30. The van der Waals surface area contributed by atoms with Crippen LogP contribution >= 0.6 is 0 Å². The molecule has 0 radical (unpaired) electrons. The Morgan fingerprint density at radius 3 is 2.58 bits per heavy atom. The molecule has 122 valence electrons. The molecule has 0 aliphatic rings. The molecular formula is C17H15N3O4. The molecule has 1 amide bonds. The van der Waals surface area contributed by atoms with Crippen LogP contribution in [0.15, 0.2) is 58.8 Å². The van der Waals surface area contributed by atoms with E-state index >= 15 is 0 Å². The second-order valence-electron chi connectivity index (χ2n) is 5.08. The predicted molar refractivity (Wildman–Crippen MR) is 87.4 cm³/mol. The van der Waals surface area contributed by atoms with Gasteiger partial charge in [0.05, 0.1) is 12.6 Å². The average Bonchev–Trinajstić information content (AvgIpc) is 2.94. The molecule has 3 rings (SSSR count). The van der Waals surface area contributed by atoms with Crippen molar-refractivity contribution in [1.82, 2.24) is 4.98 Å². The summed E-state index contributed by atoms with van der Waals surface area (Å²) in [5.74, 6) is -0.403. The molecule has 7 heteroatoms. The minimum Gasteiger partial charge on any atom is -0.497 e. The molecule has 3 aromatic rings. The van der Waals surface area contributed by atoms with Crippen molar-refractivity contribution >= 4 is 22.5 Å². The summed E-state index contributed by atoms with van der Waals surface area (Å²) in [5, 5.41) is 27.8. The lowest BCUT2D eigenvalue weighted by atomic mass is 10.1. The Balaban J connectivity index is 1.82. The molecule has 0 bridgehead atoms. The number of benzene rings is 2. The SMILES string of the molecule is COc1ccc(C(O)C(=O)N=Nc2c(O)[nH]c3ccccc23)cc1. The number of aromatic nitrogens is 1. The smallest absolute Gasteiger partial charge is 0.297 e. The number of H-pyrrole nitrogens is 1. The second-order valence-corrected chi connectivity index (χ2v) is 5.08. The number of rotatable bonds is 4. The van der Waals surface area contributed by atoms with Gasteiger partial charge in [0.1, 0.15) is 5.75 Å². The van der Waals surface area contributed by atoms with Gasteiger partial charge in [0.25, 0.3) is 5.91 Å². The molecule has 1 aromatic heterocycles. The number of nitrogens with zero attached hydrogens (tertiary/aromatic N) is 2. The molecule has 0 spiro atoms. The molecule has 24 heavy (non-hydrogen) atoms. The van der Waals surface area contributed by atoms with Gasteiger partial charge in [0.15, 0.2) is 11.8 Å². The first-order chi connectivity index (χ1) is 11.6. The lowest BCUT2D eigenvalue weighted by Crippen LogP contribution is -2.08. The Kier molecular flexibility index (Phi) is 4.26. The average molecular weight is 325 g/mol. The molecule has 0 saturated heterocycles. The number of nitrogens with one attached hydrogen (secondary N) is 1. The summed E-state index contributed by atoms with van der Waals surface area (Å²) in [5.41, 5.74) is 1.20. The highest BCUT2D eigenvalue weighted by molar-refractivity contribution is 5.94. The summed E-state index contributed by atoms with van der Waals surface area (Å²) in [6.45, 7) is 0. The number of aliphatic hydroxyl groups is 1. The van der Waals surface area contributed by atoms with Crippen molar-refractivity contribution in [2.45, 2.75) is 6.10 Å². The third-order valence-corrected chi connectivity index (χ3v) is 3.57. The molecule has 3 N–H and O–H groups in total. The first kappa shape index (κ1) is 15.7. The summed E-state index contributed by atoms with van der Waals surface area (Å²) in [6, 6.07) is 13.5. The number of hydrogen-bond donors (Lipinski definition) is 3. The maximum atomic E-state index is 12.0. The van der Waals surface area contributed by atoms with Gasteiger partial charge >= 0.3 is 0 Å². The van der Waals surface area contributed by atoms with Gasteiger partial charge < -0.3 is 19.9 Å². The molecule has 7 nitrogen and oxygen atoms in total. The fraction of sp³-hybridized carbons (Fsp3) is 0.118. The van der Waals surface area contributed by atoms with E-state index in [0.29, 0.717) is 22.2 Å². The van der Waals surface area contributed by atoms with Crippen LogP contribution in [-0.4, -0.2) is 28.2 Å². The first-order valence-electron chi connectivity index (χ1n) is 7.17. The van der Waals surface area contributed by atoms with Gasteiger partial charge in [-0.05, 0) is 23.8 Å². The Bertz CT molecular complexity index is 900. The molecule has 0 aliphatic heterocycles. The van der Waals surface area contributed by atoms with E-state index in [1.807, 2.05) is 0 Å². The molecule has 0 aliphatic carbocycles. The monoisotopic (exact) mass is 325 g/mol. The zero-order valence-corrected chi connectivity index (χ0v) is 12.8. The first-order valence-corrected chi connectivity index (χ1v) is 7.17. The number of aromatic amines is 1. The highest BCUT2D eigenvalue weighted by atomic mass is 16.5. The Hall–Kier alpha value is -3.19. The topological polar surface area (TPSA) is 107 Å². The molecule has 0 saturated carbocycles. The van der Waals surface area contributed by atoms with Gasteiger partial charge in [0.2, 0.25) is 5.88 Å². The predicted octanol–water partition coefficient (Wildman–Crippen LogP) is 3.23. The lowest BCUT2D eigenvalue weighted by molar-refractivity contribution is -0.126. The zero-order chi connectivity index (χ0) is 17.1. The number of ether oxygens (including phenoxy) is 1. The largest absolute Gasteiger partial charge is 0.497 e. The van der Waals surface area contributed by atoms with E-state index in [2.05, 4.69) is 15.2 Å². The number of aromatic hydroxyl groups is 1. The number of hydrogen-bond acceptors (Lipinski definition) is 5. The van der Waals surface area contributed by atoms with Crippen molar-refractivity contribution in [3.8, 4) is 11.6 Å². The van der Waals surface area contributed by atoms with E-state index < -0.39 is 12.0 Å². The van der Waals surface area contributed by atoms with E-state index in [1.54, 1.807) is 48.5 Å². The van der Waals surface area contributed by atoms with Gasteiger partial charge in [0, 0.05) is 5.39 Å². The number of fused-ring (bicyclic) bond motifs is 1. The van der Waals surface area contributed by atoms with Gasteiger partial charge in [-0.15, -0.1) is 10.2 Å². The molecule has 1 atom stereocenters. The number of amides is 1. The third kappa shape index (κ3) is 2.97. The van der Waals surface area contributed by atoms with Crippen molar-refractivity contribution in [1.29, 1.82) is 0 Å². The molecule has 1 heterocycles. The van der Waals surface area contributed by atoms with Crippen molar-refractivity contribution in [3.63, 3.8) is 0 Å². The number of methoxy groups -OCH3 is 1. The van der Waals surface area contributed by atoms with E-state index in [-0.39, 0.29) is 11.6 Å². The Morgan fingerprint density at radius 1 is 1.17 bits per heavy atom. The normalized spacial score (nSPS) is 12.6. The van der Waals surface area contributed by atoms with Crippen LogP contribution in [0.1, 0.15) is 11.7 Å². The van der Waals surface area contributed by atoms with Crippen LogP contribution < -0.4 is 4.74 Å². The lowest BCUT2D eigenvalue weighted by Gasteiger charge is -2.07. The second kappa shape index (κ2) is 6.51. The highest BCUT2D eigenvalue weighted by Gasteiger charge is 2.18. The number of carbonyl (C=O) groups is 1. The van der Waals surface area contributed by atoms with Crippen LogP contribution in [0, 0.1) is 0 Å². The Morgan fingerprint density at radius 2 is 1.88 bits per heavy atom. The van der Waals surface area contributed by atoms with Crippen LogP contribution in [0.4, 0.5) is 5.69 Å². The number of carbonyl (C=O) groups excluding carboxylic acids is 1. The third-order valence-electron chi connectivity index (χ3n) is 3.57. The maximum absolute atomic E-state index is 12.0. The molecular weight excluding hydrogens is 310 g/mol. The van der Waals surface area contributed by atoms with Crippen molar-refractivity contribution in [3.05, 3.63) is 54.1 Å². The summed E-state index contributed by atoms with van der Waals surface area (Å²) in [6.07, 6.45) is -1.44. The zero-order valence-electron chi connectivity index (χ0n) is 12.8. The standard InChI is InChI=1S/C17H15N3O4/c1-24-11-8-6-10(7-9-11)15(21)17(23)20-19-14-12-4-2-3-5-13(12)18-16(14)22/h2-9,15,18,21-22H,1H3. The van der Waals surface area contributed by atoms with E-state index in [0.717, 1.165) is 0 Å². The minimum absolute atomic E-state index is 0.154. The van der Waals surface area contributed by atoms with Gasteiger partial charge in [-0.2, -0.15) is 0 Å². The molecule has 1 unspecified atom stereocenters. The summed E-state index contributed by atoms with van der Waals surface area (Å²) in [7, 11) is 1.53. The number of para-hydroxylation sites is 1. The molecule has 2 aromatic carbocycles. The minimum atomic E-state index is -1.44. The van der Waals surface area contributed by atoms with Gasteiger partial charge in [-0.25, -0.2) is 0 Å². The van der Waals surface area contributed by atoms with Crippen molar-refractivity contribution in [2.24, 2.45) is 10.2 Å². The van der Waals surface area contributed by atoms with E-state index in [4.69, 9.17) is 4.74 Å². The Labute approximate surface area is 137 Å². The summed E-state index contributed by atoms with van der Waals surface area (Å²) in [4.78, 5) is 14.7. The van der Waals surface area contributed by atoms with Gasteiger partial charge in [-0.3, -0.25) is 4.79 Å². The van der Waals surface area contributed by atoms with E-state index in [9.17, 15) is 15.0 Å². The van der Waals surface area contributed by atoms with E-state index in [1.165, 1.54) is 7.11 Å².